The second-order valence-corrected chi connectivity index (χ2v) is 5.41. The first-order chi connectivity index (χ1) is 11.1. The molecule has 0 radical (unpaired) electrons. The minimum atomic E-state index is -0.374. The summed E-state index contributed by atoms with van der Waals surface area (Å²) in [5, 5.41) is 12.7. The largest absolute Gasteiger partial charge is 0.481 e. The van der Waals surface area contributed by atoms with Gasteiger partial charge in [-0.05, 0) is 31.2 Å². The molecule has 3 aromatic rings. The lowest BCUT2D eigenvalue weighted by Gasteiger charge is -2.10. The summed E-state index contributed by atoms with van der Waals surface area (Å²) in [6.45, 7) is 1.84. The number of aromatic nitrogens is 4. The Labute approximate surface area is 138 Å². The molecule has 1 unspecified atom stereocenters. The molecule has 6 nitrogen and oxygen atoms in total. The summed E-state index contributed by atoms with van der Waals surface area (Å²) < 4.78 is 13.0. The summed E-state index contributed by atoms with van der Waals surface area (Å²) in [5.41, 5.74) is 0.954. The van der Waals surface area contributed by atoms with E-state index >= 15 is 0 Å². The lowest BCUT2D eigenvalue weighted by atomic mass is 10.3. The maximum atomic E-state index is 5.93. The average molecular weight is 331 g/mol. The van der Waals surface area contributed by atoms with Gasteiger partial charge in [0, 0.05) is 29.9 Å². The van der Waals surface area contributed by atoms with Crippen molar-refractivity contribution in [1.82, 2.24) is 20.0 Å². The fraction of sp³-hybridized carbons (Fsp3) is 0.188. The highest BCUT2D eigenvalue weighted by molar-refractivity contribution is 6.30. The fourth-order valence-corrected chi connectivity index (χ4v) is 2.15. The third-order valence-corrected chi connectivity index (χ3v) is 3.29. The van der Waals surface area contributed by atoms with E-state index in [2.05, 4.69) is 15.3 Å². The lowest BCUT2D eigenvalue weighted by molar-refractivity contribution is 0.188. The highest BCUT2D eigenvalue weighted by Gasteiger charge is 2.15. The number of aryl methyl sites for hydroxylation is 1. The second-order valence-electron chi connectivity index (χ2n) is 4.98. The zero-order chi connectivity index (χ0) is 16.2. The molecule has 0 fully saturated rings. The molecule has 2 heterocycles. The number of halogens is 1. The van der Waals surface area contributed by atoms with Crippen molar-refractivity contribution in [3.05, 3.63) is 59.0 Å². The predicted octanol–water partition coefficient (Wildman–Crippen LogP) is 3.77. The Morgan fingerprint density at radius 1 is 1.30 bits per heavy atom. The van der Waals surface area contributed by atoms with E-state index in [1.807, 2.05) is 38.4 Å². The summed E-state index contributed by atoms with van der Waals surface area (Å²) in [7, 11) is 1.86. The minimum absolute atomic E-state index is 0.374. The molecular weight excluding hydrogens is 316 g/mol. The van der Waals surface area contributed by atoms with Crippen molar-refractivity contribution in [2.45, 2.75) is 13.0 Å². The zero-order valence-electron chi connectivity index (χ0n) is 12.7. The zero-order valence-corrected chi connectivity index (χ0v) is 13.4. The van der Waals surface area contributed by atoms with Crippen molar-refractivity contribution >= 4 is 23.8 Å². The first-order valence-electron chi connectivity index (χ1n) is 7.02. The average Bonchev–Trinajstić information content (AvgIpc) is 3.14. The number of benzene rings is 1. The highest BCUT2D eigenvalue weighted by atomic mass is 35.5. The van der Waals surface area contributed by atoms with Gasteiger partial charge in [-0.2, -0.15) is 5.10 Å². The minimum Gasteiger partial charge on any atom is -0.481 e. The molecule has 3 rings (SSSR count). The summed E-state index contributed by atoms with van der Waals surface area (Å²) in [6, 6.07) is 7.16. The molecule has 23 heavy (non-hydrogen) atoms. The van der Waals surface area contributed by atoms with Gasteiger partial charge < -0.3 is 9.15 Å². The quantitative estimate of drug-likeness (QED) is 0.712. The molecule has 0 aliphatic rings. The predicted molar refractivity (Wildman–Crippen MR) is 86.9 cm³/mol. The Morgan fingerprint density at radius 2 is 2.17 bits per heavy atom. The Balaban J connectivity index is 1.67. The van der Waals surface area contributed by atoms with E-state index in [1.165, 1.54) is 0 Å². The van der Waals surface area contributed by atoms with Crippen LogP contribution in [0.5, 0.6) is 5.75 Å². The van der Waals surface area contributed by atoms with E-state index in [-0.39, 0.29) is 6.10 Å². The standard InChI is InChI=1S/C16H15ClN4O2/c1-11(22-14-5-3-4-13(17)8-14)16-20-19-15(23-16)7-6-12-9-18-21(2)10-12/h3-11H,1-2H3/b7-6+. The van der Waals surface area contributed by atoms with Gasteiger partial charge in [0.2, 0.25) is 5.89 Å². The molecule has 0 amide bonds. The third-order valence-electron chi connectivity index (χ3n) is 3.06. The molecule has 0 spiro atoms. The lowest BCUT2D eigenvalue weighted by Crippen LogP contribution is -2.03. The van der Waals surface area contributed by atoms with Crippen LogP contribution < -0.4 is 4.74 Å². The van der Waals surface area contributed by atoms with Crippen molar-refractivity contribution in [2.75, 3.05) is 0 Å². The molecule has 2 aromatic heterocycles. The van der Waals surface area contributed by atoms with E-state index in [1.54, 1.807) is 29.1 Å². The van der Waals surface area contributed by atoms with Gasteiger partial charge in [-0.25, -0.2) is 0 Å². The van der Waals surface area contributed by atoms with Crippen LogP contribution in [0.3, 0.4) is 0 Å². The van der Waals surface area contributed by atoms with Crippen molar-refractivity contribution in [1.29, 1.82) is 0 Å². The maximum Gasteiger partial charge on any atom is 0.257 e. The van der Waals surface area contributed by atoms with Gasteiger partial charge in [0.1, 0.15) is 5.75 Å². The first-order valence-corrected chi connectivity index (χ1v) is 7.40. The van der Waals surface area contributed by atoms with Crippen LogP contribution in [0.2, 0.25) is 5.02 Å². The van der Waals surface area contributed by atoms with Crippen LogP contribution in [0, 0.1) is 0 Å². The van der Waals surface area contributed by atoms with E-state index in [0.717, 1.165) is 5.56 Å². The molecule has 1 atom stereocenters. The van der Waals surface area contributed by atoms with Gasteiger partial charge >= 0.3 is 0 Å². The van der Waals surface area contributed by atoms with Crippen molar-refractivity contribution in [3.63, 3.8) is 0 Å². The van der Waals surface area contributed by atoms with Gasteiger partial charge in [-0.15, -0.1) is 10.2 Å². The normalized spacial score (nSPS) is 12.7. The molecule has 0 aliphatic carbocycles. The van der Waals surface area contributed by atoms with Crippen molar-refractivity contribution in [2.24, 2.45) is 7.05 Å². The van der Waals surface area contributed by atoms with Gasteiger partial charge in [0.25, 0.3) is 5.89 Å². The second kappa shape index (κ2) is 6.66. The molecule has 0 bridgehead atoms. The van der Waals surface area contributed by atoms with Crippen LogP contribution in [0.25, 0.3) is 12.2 Å². The van der Waals surface area contributed by atoms with E-state index in [9.17, 15) is 0 Å². The number of rotatable bonds is 5. The van der Waals surface area contributed by atoms with E-state index in [0.29, 0.717) is 22.6 Å². The van der Waals surface area contributed by atoms with Gasteiger partial charge in [0.05, 0.1) is 6.20 Å². The molecule has 7 heteroatoms. The summed E-state index contributed by atoms with van der Waals surface area (Å²) >= 11 is 5.93. The first kappa shape index (κ1) is 15.3. The van der Waals surface area contributed by atoms with Gasteiger partial charge in [0.15, 0.2) is 6.10 Å². The van der Waals surface area contributed by atoms with Crippen LogP contribution in [-0.2, 0) is 7.05 Å². The van der Waals surface area contributed by atoms with Crippen LogP contribution in [-0.4, -0.2) is 20.0 Å². The molecule has 118 valence electrons. The SMILES string of the molecule is CC(Oc1cccc(Cl)c1)c1nnc(/C=C/c2cnn(C)c2)o1. The maximum absolute atomic E-state index is 5.93. The van der Waals surface area contributed by atoms with Crippen LogP contribution >= 0.6 is 11.6 Å². The Morgan fingerprint density at radius 3 is 2.91 bits per heavy atom. The van der Waals surface area contributed by atoms with Crippen LogP contribution in [0.1, 0.15) is 30.4 Å². The smallest absolute Gasteiger partial charge is 0.257 e. The van der Waals surface area contributed by atoms with Gasteiger partial charge in [-0.1, -0.05) is 17.7 Å². The fourth-order valence-electron chi connectivity index (χ4n) is 1.97. The van der Waals surface area contributed by atoms with E-state index < -0.39 is 0 Å². The highest BCUT2D eigenvalue weighted by Crippen LogP contribution is 2.23. The molecule has 0 aliphatic heterocycles. The Hall–Kier alpha value is -2.60. The number of nitrogens with zero attached hydrogens (tertiary/aromatic N) is 4. The summed E-state index contributed by atoms with van der Waals surface area (Å²) in [5.74, 6) is 1.46. The van der Waals surface area contributed by atoms with Crippen LogP contribution in [0.4, 0.5) is 0 Å². The number of hydrogen-bond acceptors (Lipinski definition) is 5. The van der Waals surface area contributed by atoms with Crippen LogP contribution in [0.15, 0.2) is 41.1 Å². The number of hydrogen-bond donors (Lipinski definition) is 0. The number of ether oxygens (including phenoxy) is 1. The Bertz CT molecular complexity index is 825. The molecule has 0 N–H and O–H groups in total. The van der Waals surface area contributed by atoms with Crippen molar-refractivity contribution < 1.29 is 9.15 Å². The summed E-state index contributed by atoms with van der Waals surface area (Å²) in [4.78, 5) is 0. The molecule has 0 saturated heterocycles. The third kappa shape index (κ3) is 3.98. The monoisotopic (exact) mass is 330 g/mol. The molecular formula is C16H15ClN4O2. The Kier molecular flexibility index (Phi) is 4.43. The summed E-state index contributed by atoms with van der Waals surface area (Å²) in [6.07, 6.45) is 6.85. The van der Waals surface area contributed by atoms with Gasteiger partial charge in [-0.3, -0.25) is 4.68 Å². The topological polar surface area (TPSA) is 66.0 Å². The van der Waals surface area contributed by atoms with E-state index in [4.69, 9.17) is 20.8 Å². The molecule has 1 aromatic carbocycles. The molecule has 0 saturated carbocycles. The van der Waals surface area contributed by atoms with Crippen molar-refractivity contribution in [3.8, 4) is 5.75 Å².